The summed E-state index contributed by atoms with van der Waals surface area (Å²) in [5.41, 5.74) is 1.51. The third kappa shape index (κ3) is 4.86. The fourth-order valence-electron chi connectivity index (χ4n) is 3.55. The number of hydrogen-bond donors (Lipinski definition) is 1. The lowest BCUT2D eigenvalue weighted by Crippen LogP contribution is -2.45. The zero-order chi connectivity index (χ0) is 17.3. The number of rotatable bonds is 4. The van der Waals surface area contributed by atoms with E-state index in [0.717, 1.165) is 31.2 Å². The lowest BCUT2D eigenvalue weighted by Gasteiger charge is -2.27. The van der Waals surface area contributed by atoms with Crippen LogP contribution in [-0.2, 0) is 14.8 Å². The molecule has 140 valence electrons. The molecule has 1 amide bonds. The third-order valence-electron chi connectivity index (χ3n) is 4.86. The van der Waals surface area contributed by atoms with Gasteiger partial charge in [-0.3, -0.25) is 9.10 Å². The standard InChI is InChI=1S/C17H25N3O3S.ClH/c1-13-4-3-5-16(8-13)20(24(2,22)23)12-17(21)19-10-14-6-7-15(11-19)18-9-14;/h3-5,8,14-15,18H,6-7,9-12H2,1-2H3;1H/t14-,15-;/m0./s1. The molecule has 0 saturated carbocycles. The second kappa shape index (κ2) is 7.93. The Morgan fingerprint density at radius 3 is 2.68 bits per heavy atom. The molecule has 3 fully saturated rings. The molecule has 0 spiro atoms. The summed E-state index contributed by atoms with van der Waals surface area (Å²) in [6.45, 7) is 4.10. The molecule has 3 aliphatic heterocycles. The first kappa shape index (κ1) is 20.0. The summed E-state index contributed by atoms with van der Waals surface area (Å²) < 4.78 is 25.6. The highest BCUT2D eigenvalue weighted by atomic mass is 35.5. The van der Waals surface area contributed by atoms with Crippen LogP contribution in [0.15, 0.2) is 24.3 Å². The lowest BCUT2D eigenvalue weighted by atomic mass is 9.97. The van der Waals surface area contributed by atoms with E-state index in [1.54, 1.807) is 12.1 Å². The highest BCUT2D eigenvalue weighted by Crippen LogP contribution is 2.23. The molecule has 3 aliphatic rings. The first-order chi connectivity index (χ1) is 11.3. The molecule has 0 aliphatic carbocycles. The van der Waals surface area contributed by atoms with Crippen LogP contribution < -0.4 is 9.62 Å². The number of amides is 1. The predicted octanol–water partition coefficient (Wildman–Crippen LogP) is 1.39. The number of piperidine rings is 1. The van der Waals surface area contributed by atoms with Gasteiger partial charge in [0, 0.05) is 19.1 Å². The maximum Gasteiger partial charge on any atom is 0.243 e. The molecule has 8 heteroatoms. The molecule has 1 aromatic rings. The molecule has 3 saturated heterocycles. The van der Waals surface area contributed by atoms with Crippen LogP contribution >= 0.6 is 12.4 Å². The average Bonchev–Trinajstić information content (AvgIpc) is 2.85. The number of fused-ring (bicyclic) bond motifs is 4. The first-order valence-corrected chi connectivity index (χ1v) is 10.2. The second-order valence-electron chi connectivity index (χ2n) is 6.96. The van der Waals surface area contributed by atoms with E-state index >= 15 is 0 Å². The number of anilines is 1. The quantitative estimate of drug-likeness (QED) is 0.847. The van der Waals surface area contributed by atoms with Crippen LogP contribution in [-0.4, -0.2) is 57.7 Å². The maximum atomic E-state index is 12.8. The SMILES string of the molecule is Cc1cccc(N(CC(=O)N2C[C@H]3CC[C@@H](C2)NC3)S(C)(=O)=O)c1.Cl. The maximum absolute atomic E-state index is 12.8. The van der Waals surface area contributed by atoms with Crippen molar-refractivity contribution in [3.63, 3.8) is 0 Å². The van der Waals surface area contributed by atoms with Crippen molar-refractivity contribution in [3.05, 3.63) is 29.8 Å². The Morgan fingerprint density at radius 1 is 1.32 bits per heavy atom. The van der Waals surface area contributed by atoms with Crippen molar-refractivity contribution < 1.29 is 13.2 Å². The van der Waals surface area contributed by atoms with Crippen molar-refractivity contribution in [2.45, 2.75) is 25.8 Å². The van der Waals surface area contributed by atoms with Crippen molar-refractivity contribution in [1.82, 2.24) is 10.2 Å². The minimum absolute atomic E-state index is 0. The summed E-state index contributed by atoms with van der Waals surface area (Å²) in [7, 11) is -3.52. The molecule has 0 radical (unpaired) electrons. The summed E-state index contributed by atoms with van der Waals surface area (Å²) in [6, 6.07) is 7.57. The first-order valence-electron chi connectivity index (χ1n) is 8.38. The van der Waals surface area contributed by atoms with Gasteiger partial charge in [0.25, 0.3) is 0 Å². The number of nitrogens with zero attached hydrogens (tertiary/aromatic N) is 2. The predicted molar refractivity (Wildman–Crippen MR) is 102 cm³/mol. The van der Waals surface area contributed by atoms with Crippen LogP contribution in [0.1, 0.15) is 18.4 Å². The van der Waals surface area contributed by atoms with E-state index < -0.39 is 10.0 Å². The summed E-state index contributed by atoms with van der Waals surface area (Å²) in [6.07, 6.45) is 3.37. The van der Waals surface area contributed by atoms with Gasteiger partial charge in [-0.15, -0.1) is 12.4 Å². The van der Waals surface area contributed by atoms with Crippen LogP contribution in [0.5, 0.6) is 0 Å². The summed E-state index contributed by atoms with van der Waals surface area (Å²) in [4.78, 5) is 14.6. The Bertz CT molecular complexity index is 704. The highest BCUT2D eigenvalue weighted by Gasteiger charge is 2.32. The Balaban J connectivity index is 0.00000225. The number of hydrogen-bond acceptors (Lipinski definition) is 4. The number of sulfonamides is 1. The Kier molecular flexibility index (Phi) is 6.35. The number of carbonyl (C=O) groups is 1. The van der Waals surface area contributed by atoms with Gasteiger partial charge in [0.2, 0.25) is 15.9 Å². The van der Waals surface area contributed by atoms with Gasteiger partial charge >= 0.3 is 0 Å². The average molecular weight is 388 g/mol. The number of nitrogens with one attached hydrogen (secondary N) is 1. The molecule has 25 heavy (non-hydrogen) atoms. The van der Waals surface area contributed by atoms with Gasteiger partial charge in [-0.05, 0) is 49.9 Å². The molecule has 2 atom stereocenters. The van der Waals surface area contributed by atoms with Gasteiger partial charge in [-0.2, -0.15) is 0 Å². The summed E-state index contributed by atoms with van der Waals surface area (Å²) in [5, 5.41) is 3.46. The van der Waals surface area contributed by atoms with Gasteiger partial charge < -0.3 is 10.2 Å². The van der Waals surface area contributed by atoms with Gasteiger partial charge in [0.05, 0.1) is 11.9 Å². The van der Waals surface area contributed by atoms with Crippen LogP contribution in [0.25, 0.3) is 0 Å². The van der Waals surface area contributed by atoms with E-state index in [2.05, 4.69) is 5.32 Å². The summed E-state index contributed by atoms with van der Waals surface area (Å²) >= 11 is 0. The molecule has 3 heterocycles. The number of benzene rings is 1. The highest BCUT2D eigenvalue weighted by molar-refractivity contribution is 7.92. The van der Waals surface area contributed by atoms with Crippen molar-refractivity contribution in [2.75, 3.05) is 36.7 Å². The fraction of sp³-hybridized carbons (Fsp3) is 0.588. The Labute approximate surface area is 156 Å². The summed E-state index contributed by atoms with van der Waals surface area (Å²) in [5.74, 6) is 0.348. The second-order valence-corrected chi connectivity index (χ2v) is 8.86. The Hall–Kier alpha value is -1.31. The van der Waals surface area contributed by atoms with Crippen LogP contribution in [0.2, 0.25) is 0 Å². The zero-order valence-corrected chi connectivity index (χ0v) is 16.3. The third-order valence-corrected chi connectivity index (χ3v) is 6.00. The molecule has 6 nitrogen and oxygen atoms in total. The van der Waals surface area contributed by atoms with Crippen molar-refractivity contribution in [1.29, 1.82) is 0 Å². The number of carbonyl (C=O) groups excluding carboxylic acids is 1. The molecular formula is C17H26ClN3O3S. The molecular weight excluding hydrogens is 362 g/mol. The van der Waals surface area contributed by atoms with Crippen molar-refractivity contribution in [3.8, 4) is 0 Å². The molecule has 1 aromatic carbocycles. The fourth-order valence-corrected chi connectivity index (χ4v) is 4.39. The largest absolute Gasteiger partial charge is 0.339 e. The molecule has 4 rings (SSSR count). The lowest BCUT2D eigenvalue weighted by molar-refractivity contribution is -0.129. The minimum atomic E-state index is -3.52. The van der Waals surface area contributed by atoms with E-state index in [-0.39, 0.29) is 24.9 Å². The van der Waals surface area contributed by atoms with Gasteiger partial charge in [-0.1, -0.05) is 12.1 Å². The van der Waals surface area contributed by atoms with Crippen LogP contribution in [0, 0.1) is 12.8 Å². The normalized spacial score (nSPS) is 22.9. The smallest absolute Gasteiger partial charge is 0.243 e. The van der Waals surface area contributed by atoms with Crippen LogP contribution in [0.3, 0.4) is 0 Å². The minimum Gasteiger partial charge on any atom is -0.339 e. The van der Waals surface area contributed by atoms with E-state index in [1.807, 2.05) is 24.0 Å². The van der Waals surface area contributed by atoms with Gasteiger partial charge in [0.15, 0.2) is 0 Å². The number of halogens is 1. The monoisotopic (exact) mass is 387 g/mol. The van der Waals surface area contributed by atoms with Crippen LogP contribution in [0.4, 0.5) is 5.69 Å². The van der Waals surface area contributed by atoms with Crippen molar-refractivity contribution in [2.24, 2.45) is 5.92 Å². The topological polar surface area (TPSA) is 69.7 Å². The van der Waals surface area contributed by atoms with E-state index in [0.29, 0.717) is 30.7 Å². The van der Waals surface area contributed by atoms with E-state index in [4.69, 9.17) is 0 Å². The van der Waals surface area contributed by atoms with E-state index in [9.17, 15) is 13.2 Å². The molecule has 1 N–H and O–H groups in total. The molecule has 0 aromatic heterocycles. The van der Waals surface area contributed by atoms with Crippen molar-refractivity contribution >= 4 is 34.0 Å². The van der Waals surface area contributed by atoms with Gasteiger partial charge in [0.1, 0.15) is 6.54 Å². The molecule has 2 bridgehead atoms. The Morgan fingerprint density at radius 2 is 2.08 bits per heavy atom. The van der Waals surface area contributed by atoms with Gasteiger partial charge in [-0.25, -0.2) is 8.42 Å². The van der Waals surface area contributed by atoms with E-state index in [1.165, 1.54) is 4.31 Å². The number of aryl methyl sites for hydroxylation is 1. The zero-order valence-electron chi connectivity index (χ0n) is 14.6. The molecule has 0 unspecified atom stereocenters.